The van der Waals surface area contributed by atoms with Gasteiger partial charge in [0, 0.05) is 5.69 Å². The fraction of sp³-hybridized carbons (Fsp3) is 0.111. The number of rotatable bonds is 6. The van der Waals surface area contributed by atoms with Crippen LogP contribution in [0.15, 0.2) is 83.5 Å². The molecule has 1 aliphatic rings. The molecule has 112 valence electrons. The summed E-state index contributed by atoms with van der Waals surface area (Å²) in [6.45, 7) is 6.05. The molecule has 0 bridgehead atoms. The van der Waals surface area contributed by atoms with Crippen LogP contribution in [0.3, 0.4) is 0 Å². The second kappa shape index (κ2) is 7.78. The van der Waals surface area contributed by atoms with E-state index in [4.69, 9.17) is 0 Å². The minimum absolute atomic E-state index is 0.184. The fourth-order valence-electron chi connectivity index (χ4n) is 1.97. The molecule has 1 amide bonds. The summed E-state index contributed by atoms with van der Waals surface area (Å²) in [6, 6.07) is 9.81. The van der Waals surface area contributed by atoms with Gasteiger partial charge in [0.05, 0.1) is 17.8 Å². The van der Waals surface area contributed by atoms with Crippen molar-refractivity contribution in [2.45, 2.75) is 6.92 Å². The molecule has 0 saturated heterocycles. The van der Waals surface area contributed by atoms with Gasteiger partial charge >= 0.3 is 0 Å². The van der Waals surface area contributed by atoms with Crippen molar-refractivity contribution in [3.63, 3.8) is 0 Å². The van der Waals surface area contributed by atoms with Gasteiger partial charge in [-0.25, -0.2) is 5.43 Å². The molecule has 0 radical (unpaired) electrons. The molecular weight excluding hydrogens is 274 g/mol. The molecule has 1 aromatic carbocycles. The predicted octanol–water partition coefficient (Wildman–Crippen LogP) is 3.20. The summed E-state index contributed by atoms with van der Waals surface area (Å²) >= 11 is 0. The van der Waals surface area contributed by atoms with Crippen molar-refractivity contribution in [1.29, 1.82) is 0 Å². The second-order valence-corrected chi connectivity index (χ2v) is 4.66. The van der Waals surface area contributed by atoms with E-state index in [2.05, 4.69) is 22.4 Å². The molecule has 0 atom stereocenters. The number of nitrogens with zero attached hydrogens (tertiary/aromatic N) is 1. The van der Waals surface area contributed by atoms with E-state index in [-0.39, 0.29) is 5.91 Å². The average Bonchev–Trinajstić information content (AvgIpc) is 2.90. The molecule has 1 aromatic rings. The van der Waals surface area contributed by atoms with E-state index in [1.165, 1.54) is 0 Å². The Morgan fingerprint density at radius 1 is 1.36 bits per heavy atom. The van der Waals surface area contributed by atoms with Gasteiger partial charge < -0.3 is 5.32 Å². The van der Waals surface area contributed by atoms with Crippen molar-refractivity contribution in [1.82, 2.24) is 5.43 Å². The number of hydrogen-bond acceptors (Lipinski definition) is 3. The van der Waals surface area contributed by atoms with Crippen molar-refractivity contribution < 1.29 is 4.79 Å². The van der Waals surface area contributed by atoms with Crippen LogP contribution in [0.4, 0.5) is 5.69 Å². The van der Waals surface area contributed by atoms with Crippen LogP contribution >= 0.6 is 0 Å². The number of para-hydroxylation sites is 1. The minimum atomic E-state index is -0.184. The number of hydrazone groups is 1. The number of benzene rings is 1. The standard InChI is InChI=1S/C18H19N3O/c1-3-5-9-14(4-2)12-16-17(20-21-18(16)22)13-19-15-10-7-6-8-11-15/h3-12,19H,1,13H2,2H3,(H,21,22)/b9-5-,14-4+,16-12+. The fourth-order valence-corrected chi connectivity index (χ4v) is 1.97. The van der Waals surface area contributed by atoms with E-state index in [1.54, 1.807) is 6.08 Å². The second-order valence-electron chi connectivity index (χ2n) is 4.66. The zero-order chi connectivity index (χ0) is 15.8. The Kier molecular flexibility index (Phi) is 5.49. The molecule has 1 aliphatic heterocycles. The van der Waals surface area contributed by atoms with Crippen LogP contribution in [0.25, 0.3) is 0 Å². The van der Waals surface area contributed by atoms with Crippen molar-refractivity contribution in [2.24, 2.45) is 5.10 Å². The molecule has 0 unspecified atom stereocenters. The molecule has 0 aliphatic carbocycles. The first kappa shape index (κ1) is 15.5. The van der Waals surface area contributed by atoms with E-state index in [9.17, 15) is 4.79 Å². The van der Waals surface area contributed by atoms with Crippen LogP contribution in [0.2, 0.25) is 0 Å². The summed E-state index contributed by atoms with van der Waals surface area (Å²) < 4.78 is 0. The molecule has 4 heteroatoms. The first-order chi connectivity index (χ1) is 10.7. The van der Waals surface area contributed by atoms with Gasteiger partial charge in [0.15, 0.2) is 0 Å². The van der Waals surface area contributed by atoms with Crippen molar-refractivity contribution in [3.8, 4) is 0 Å². The summed E-state index contributed by atoms with van der Waals surface area (Å²) in [7, 11) is 0. The van der Waals surface area contributed by atoms with Crippen molar-refractivity contribution in [2.75, 3.05) is 11.9 Å². The summed E-state index contributed by atoms with van der Waals surface area (Å²) in [5.41, 5.74) is 5.70. The number of carbonyl (C=O) groups is 1. The lowest BCUT2D eigenvalue weighted by molar-refractivity contribution is -0.116. The van der Waals surface area contributed by atoms with Crippen molar-refractivity contribution in [3.05, 3.63) is 78.4 Å². The highest BCUT2D eigenvalue weighted by Gasteiger charge is 2.22. The van der Waals surface area contributed by atoms with E-state index in [1.807, 2.05) is 61.6 Å². The Morgan fingerprint density at radius 3 is 2.82 bits per heavy atom. The molecule has 0 saturated carbocycles. The number of anilines is 1. The highest BCUT2D eigenvalue weighted by atomic mass is 16.2. The van der Waals surface area contributed by atoms with Gasteiger partial charge in [0.1, 0.15) is 0 Å². The van der Waals surface area contributed by atoms with Gasteiger partial charge in [-0.05, 0) is 30.7 Å². The predicted molar refractivity (Wildman–Crippen MR) is 91.7 cm³/mol. The van der Waals surface area contributed by atoms with Gasteiger partial charge in [-0.2, -0.15) is 5.10 Å². The van der Waals surface area contributed by atoms with Crippen molar-refractivity contribution >= 4 is 17.3 Å². The summed E-state index contributed by atoms with van der Waals surface area (Å²) in [4.78, 5) is 11.9. The maximum atomic E-state index is 11.9. The molecule has 2 N–H and O–H groups in total. The lowest BCUT2D eigenvalue weighted by Gasteiger charge is -2.06. The highest BCUT2D eigenvalue weighted by molar-refractivity contribution is 6.26. The third kappa shape index (κ3) is 4.06. The number of carbonyl (C=O) groups excluding carboxylic acids is 1. The number of hydrogen-bond donors (Lipinski definition) is 2. The quantitative estimate of drug-likeness (QED) is 0.625. The monoisotopic (exact) mass is 293 g/mol. The van der Waals surface area contributed by atoms with Crippen LogP contribution in [0, 0.1) is 0 Å². The van der Waals surface area contributed by atoms with E-state index in [0.717, 1.165) is 11.3 Å². The summed E-state index contributed by atoms with van der Waals surface area (Å²) in [5, 5.41) is 7.35. The molecule has 2 rings (SSSR count). The number of nitrogens with one attached hydrogen (secondary N) is 2. The van der Waals surface area contributed by atoms with Gasteiger partial charge in [0.2, 0.25) is 0 Å². The van der Waals surface area contributed by atoms with Crippen LogP contribution in [-0.2, 0) is 4.79 Å². The number of amides is 1. The Labute approximate surface area is 130 Å². The van der Waals surface area contributed by atoms with Gasteiger partial charge in [-0.15, -0.1) is 0 Å². The van der Waals surface area contributed by atoms with Gasteiger partial charge in [-0.1, -0.05) is 49.1 Å². The molecule has 0 fully saturated rings. The topological polar surface area (TPSA) is 53.5 Å². The SMILES string of the molecule is C=C\C=C/C(=C\C)/C=C1/C(=O)NN=C1CNc1ccccc1. The Balaban J connectivity index is 2.12. The normalized spacial score (nSPS) is 16.8. The van der Waals surface area contributed by atoms with Crippen LogP contribution < -0.4 is 10.7 Å². The van der Waals surface area contributed by atoms with E-state index in [0.29, 0.717) is 17.8 Å². The molecule has 0 aromatic heterocycles. The lowest BCUT2D eigenvalue weighted by atomic mass is 10.1. The minimum Gasteiger partial charge on any atom is -0.379 e. The third-order valence-corrected chi connectivity index (χ3v) is 3.15. The van der Waals surface area contributed by atoms with Gasteiger partial charge in [-0.3, -0.25) is 4.79 Å². The first-order valence-electron chi connectivity index (χ1n) is 7.08. The van der Waals surface area contributed by atoms with Crippen LogP contribution in [-0.4, -0.2) is 18.2 Å². The molecular formula is C18H19N3O. The maximum absolute atomic E-state index is 11.9. The first-order valence-corrected chi connectivity index (χ1v) is 7.08. The zero-order valence-electron chi connectivity index (χ0n) is 12.5. The molecule has 22 heavy (non-hydrogen) atoms. The molecule has 1 heterocycles. The zero-order valence-corrected chi connectivity index (χ0v) is 12.5. The molecule has 0 spiro atoms. The lowest BCUT2D eigenvalue weighted by Crippen LogP contribution is -2.18. The summed E-state index contributed by atoms with van der Waals surface area (Å²) in [5.74, 6) is -0.184. The van der Waals surface area contributed by atoms with E-state index < -0.39 is 0 Å². The number of allylic oxidation sites excluding steroid dienone is 6. The smallest absolute Gasteiger partial charge is 0.273 e. The van der Waals surface area contributed by atoms with Crippen LogP contribution in [0.1, 0.15) is 6.92 Å². The highest BCUT2D eigenvalue weighted by Crippen LogP contribution is 2.13. The average molecular weight is 293 g/mol. The Hall–Kier alpha value is -2.88. The summed E-state index contributed by atoms with van der Waals surface area (Å²) in [6.07, 6.45) is 9.18. The van der Waals surface area contributed by atoms with E-state index >= 15 is 0 Å². The maximum Gasteiger partial charge on any atom is 0.273 e. The van der Waals surface area contributed by atoms with Crippen LogP contribution in [0.5, 0.6) is 0 Å². The largest absolute Gasteiger partial charge is 0.379 e. The van der Waals surface area contributed by atoms with Gasteiger partial charge in [0.25, 0.3) is 5.91 Å². The molecule has 4 nitrogen and oxygen atoms in total. The third-order valence-electron chi connectivity index (χ3n) is 3.15. The Morgan fingerprint density at radius 2 is 2.14 bits per heavy atom. The Bertz CT molecular complexity index is 667.